The van der Waals surface area contributed by atoms with Crippen LogP contribution in [0.4, 0.5) is 0 Å². The van der Waals surface area contributed by atoms with E-state index in [1.807, 2.05) is 6.07 Å². The van der Waals surface area contributed by atoms with Gasteiger partial charge in [0.1, 0.15) is 6.07 Å². The molecule has 4 nitrogen and oxygen atoms in total. The topological polar surface area (TPSA) is 59.3 Å². The number of hydrogen-bond acceptors (Lipinski definition) is 4. The highest BCUT2D eigenvalue weighted by Crippen LogP contribution is 2.07. The van der Waals surface area contributed by atoms with Gasteiger partial charge in [-0.1, -0.05) is 12.1 Å². The number of nitriles is 1. The van der Waals surface area contributed by atoms with Crippen molar-refractivity contribution >= 4 is 5.97 Å². The molecule has 0 spiro atoms. The third-order valence-electron chi connectivity index (χ3n) is 1.74. The monoisotopic (exact) mass is 205 g/mol. The average molecular weight is 205 g/mol. The normalized spacial score (nSPS) is 9.33. The summed E-state index contributed by atoms with van der Waals surface area (Å²) in [7, 11) is 1.58. The first-order valence-corrected chi connectivity index (χ1v) is 4.40. The van der Waals surface area contributed by atoms with Gasteiger partial charge in [-0.3, -0.25) is 0 Å². The highest BCUT2D eigenvalue weighted by atomic mass is 16.5. The molecule has 4 heteroatoms. The summed E-state index contributed by atoms with van der Waals surface area (Å²) in [5.74, 6) is -0.491. The number of nitrogens with zero attached hydrogens (tertiary/aromatic N) is 1. The van der Waals surface area contributed by atoms with E-state index in [-0.39, 0.29) is 6.61 Å². The van der Waals surface area contributed by atoms with E-state index in [4.69, 9.17) is 10.00 Å². The minimum absolute atomic E-state index is 0.229. The number of carbonyl (C=O) groups is 1. The zero-order valence-electron chi connectivity index (χ0n) is 8.40. The molecule has 0 saturated carbocycles. The number of benzene rings is 1. The van der Waals surface area contributed by atoms with Crippen LogP contribution in [0, 0.1) is 11.3 Å². The predicted octanol–water partition coefficient (Wildman–Crippen LogP) is 1.51. The average Bonchev–Trinajstić information content (AvgIpc) is 2.27. The van der Waals surface area contributed by atoms with Crippen LogP contribution in [0.15, 0.2) is 24.3 Å². The lowest BCUT2D eigenvalue weighted by atomic mass is 10.1. The van der Waals surface area contributed by atoms with Crippen molar-refractivity contribution in [2.24, 2.45) is 0 Å². The van der Waals surface area contributed by atoms with Crippen molar-refractivity contribution < 1.29 is 14.3 Å². The van der Waals surface area contributed by atoms with Crippen molar-refractivity contribution in [3.63, 3.8) is 0 Å². The smallest absolute Gasteiger partial charge is 0.339 e. The van der Waals surface area contributed by atoms with Crippen LogP contribution < -0.4 is 0 Å². The Bertz CT molecular complexity index is 382. The molecular weight excluding hydrogens is 194 g/mol. The molecule has 0 heterocycles. The van der Waals surface area contributed by atoms with Gasteiger partial charge in [-0.2, -0.15) is 5.26 Å². The van der Waals surface area contributed by atoms with Gasteiger partial charge in [-0.15, -0.1) is 0 Å². The number of carbonyl (C=O) groups excluding carboxylic acids is 1. The molecule has 15 heavy (non-hydrogen) atoms. The SMILES string of the molecule is COCc1cccc(C(=O)OCC#N)c1. The molecule has 0 radical (unpaired) electrons. The Kier molecular flexibility index (Phi) is 4.32. The first kappa shape index (κ1) is 11.2. The van der Waals surface area contributed by atoms with Crippen molar-refractivity contribution in [1.29, 1.82) is 5.26 Å². The van der Waals surface area contributed by atoms with E-state index in [9.17, 15) is 4.79 Å². The summed E-state index contributed by atoms with van der Waals surface area (Å²) >= 11 is 0. The molecule has 0 amide bonds. The molecule has 0 aliphatic carbocycles. The highest BCUT2D eigenvalue weighted by molar-refractivity contribution is 5.89. The van der Waals surface area contributed by atoms with Crippen molar-refractivity contribution in [3.8, 4) is 6.07 Å². The van der Waals surface area contributed by atoms with E-state index < -0.39 is 5.97 Å². The Morgan fingerprint density at radius 3 is 3.00 bits per heavy atom. The molecule has 0 aliphatic rings. The van der Waals surface area contributed by atoms with Gasteiger partial charge in [0.05, 0.1) is 12.2 Å². The molecular formula is C11H11NO3. The second kappa shape index (κ2) is 5.78. The van der Waals surface area contributed by atoms with E-state index >= 15 is 0 Å². The number of methoxy groups -OCH3 is 1. The maximum absolute atomic E-state index is 11.3. The lowest BCUT2D eigenvalue weighted by molar-refractivity contribution is 0.0554. The Morgan fingerprint density at radius 1 is 1.53 bits per heavy atom. The van der Waals surface area contributed by atoms with Crippen LogP contribution in [-0.4, -0.2) is 19.7 Å². The maximum atomic E-state index is 11.3. The molecule has 0 fully saturated rings. The highest BCUT2D eigenvalue weighted by Gasteiger charge is 2.06. The third kappa shape index (κ3) is 3.41. The zero-order valence-corrected chi connectivity index (χ0v) is 8.40. The van der Waals surface area contributed by atoms with E-state index in [0.717, 1.165) is 5.56 Å². The van der Waals surface area contributed by atoms with Gasteiger partial charge >= 0.3 is 5.97 Å². The molecule has 1 aromatic rings. The fraction of sp³-hybridized carbons (Fsp3) is 0.273. The number of ether oxygens (including phenoxy) is 2. The Balaban J connectivity index is 2.72. The molecule has 0 unspecified atom stereocenters. The third-order valence-corrected chi connectivity index (χ3v) is 1.74. The van der Waals surface area contributed by atoms with Gasteiger partial charge in [0.2, 0.25) is 0 Å². The van der Waals surface area contributed by atoms with Crippen LogP contribution in [0.5, 0.6) is 0 Å². The van der Waals surface area contributed by atoms with Gasteiger partial charge in [0, 0.05) is 7.11 Å². The largest absolute Gasteiger partial charge is 0.447 e. The minimum Gasteiger partial charge on any atom is -0.447 e. The van der Waals surface area contributed by atoms with Gasteiger partial charge in [0.25, 0.3) is 0 Å². The predicted molar refractivity (Wildman–Crippen MR) is 53.1 cm³/mol. The van der Waals surface area contributed by atoms with Crippen LogP contribution in [0.2, 0.25) is 0 Å². The van der Waals surface area contributed by atoms with Gasteiger partial charge in [-0.05, 0) is 17.7 Å². The van der Waals surface area contributed by atoms with E-state index in [0.29, 0.717) is 12.2 Å². The second-order valence-corrected chi connectivity index (χ2v) is 2.87. The van der Waals surface area contributed by atoms with Crippen LogP contribution in [-0.2, 0) is 16.1 Å². The second-order valence-electron chi connectivity index (χ2n) is 2.87. The maximum Gasteiger partial charge on any atom is 0.339 e. The molecule has 0 N–H and O–H groups in total. The first-order valence-electron chi connectivity index (χ1n) is 4.40. The molecule has 1 aromatic carbocycles. The van der Waals surface area contributed by atoms with Crippen molar-refractivity contribution in [3.05, 3.63) is 35.4 Å². The van der Waals surface area contributed by atoms with Crippen molar-refractivity contribution in [1.82, 2.24) is 0 Å². The van der Waals surface area contributed by atoms with Crippen LogP contribution in [0.1, 0.15) is 15.9 Å². The van der Waals surface area contributed by atoms with Gasteiger partial charge < -0.3 is 9.47 Å². The fourth-order valence-corrected chi connectivity index (χ4v) is 1.14. The van der Waals surface area contributed by atoms with E-state index in [1.54, 1.807) is 31.4 Å². The lowest BCUT2D eigenvalue weighted by Gasteiger charge is -2.03. The Labute approximate surface area is 88.0 Å². The molecule has 0 atom stereocenters. The van der Waals surface area contributed by atoms with Crippen molar-refractivity contribution in [2.75, 3.05) is 13.7 Å². The number of esters is 1. The van der Waals surface area contributed by atoms with Crippen LogP contribution >= 0.6 is 0 Å². The summed E-state index contributed by atoms with van der Waals surface area (Å²) in [6, 6.07) is 8.66. The van der Waals surface area contributed by atoms with E-state index in [2.05, 4.69) is 4.74 Å². The number of rotatable bonds is 4. The summed E-state index contributed by atoms with van der Waals surface area (Å²) in [4.78, 5) is 11.3. The van der Waals surface area contributed by atoms with Gasteiger partial charge in [-0.25, -0.2) is 4.79 Å². The summed E-state index contributed by atoms with van der Waals surface area (Å²) in [5, 5.41) is 8.25. The Morgan fingerprint density at radius 2 is 2.33 bits per heavy atom. The summed E-state index contributed by atoms with van der Waals surface area (Å²) in [5.41, 5.74) is 1.32. The zero-order chi connectivity index (χ0) is 11.1. The molecule has 78 valence electrons. The standard InChI is InChI=1S/C11H11NO3/c1-14-8-9-3-2-4-10(7-9)11(13)15-6-5-12/h2-4,7H,6,8H2,1H3. The summed E-state index contributed by atoms with van der Waals surface area (Å²) in [6.45, 7) is 0.215. The molecule has 1 rings (SSSR count). The minimum atomic E-state index is -0.491. The first-order chi connectivity index (χ1) is 7.27. The van der Waals surface area contributed by atoms with E-state index in [1.165, 1.54) is 0 Å². The molecule has 0 aromatic heterocycles. The molecule has 0 aliphatic heterocycles. The van der Waals surface area contributed by atoms with Crippen LogP contribution in [0.25, 0.3) is 0 Å². The molecule has 0 bridgehead atoms. The van der Waals surface area contributed by atoms with Crippen molar-refractivity contribution in [2.45, 2.75) is 6.61 Å². The Hall–Kier alpha value is -1.86. The van der Waals surface area contributed by atoms with Crippen LogP contribution in [0.3, 0.4) is 0 Å². The molecule has 0 saturated heterocycles. The summed E-state index contributed by atoms with van der Waals surface area (Å²) in [6.07, 6.45) is 0. The van der Waals surface area contributed by atoms with Gasteiger partial charge in [0.15, 0.2) is 6.61 Å². The quantitative estimate of drug-likeness (QED) is 0.699. The fourth-order valence-electron chi connectivity index (χ4n) is 1.14. The number of hydrogen-bond donors (Lipinski definition) is 0. The summed E-state index contributed by atoms with van der Waals surface area (Å²) < 4.78 is 9.61. The lowest BCUT2D eigenvalue weighted by Crippen LogP contribution is -2.05.